The number of furan rings is 1. The standard InChI is InChI=1S/C21H23N5O3/c27-19-10-9-17(18-8-4-12-29-18)24-26(19)14-5-3-11-25(13-14)21(28)20-15-6-1-2-7-16(15)22-23-20/h4,8-10,12,14H,1-3,5-7,11,13H2,(H,22,23). The molecule has 0 bridgehead atoms. The zero-order valence-electron chi connectivity index (χ0n) is 16.1. The summed E-state index contributed by atoms with van der Waals surface area (Å²) in [6.07, 6.45) is 7.29. The minimum atomic E-state index is -0.170. The summed E-state index contributed by atoms with van der Waals surface area (Å²) in [6.45, 7) is 1.12. The van der Waals surface area contributed by atoms with Crippen molar-refractivity contribution in [2.45, 2.75) is 44.6 Å². The minimum absolute atomic E-state index is 0.0515. The lowest BCUT2D eigenvalue weighted by Crippen LogP contribution is -2.43. The summed E-state index contributed by atoms with van der Waals surface area (Å²) in [5.74, 6) is 0.565. The quantitative estimate of drug-likeness (QED) is 0.738. The van der Waals surface area contributed by atoms with Crippen LogP contribution in [0.1, 0.15) is 53.5 Å². The molecule has 1 amide bonds. The molecule has 1 fully saturated rings. The second kappa shape index (κ2) is 7.35. The molecule has 0 radical (unpaired) electrons. The molecule has 8 heteroatoms. The average molecular weight is 393 g/mol. The van der Waals surface area contributed by atoms with Crippen LogP contribution >= 0.6 is 0 Å². The lowest BCUT2D eigenvalue weighted by atomic mass is 9.95. The Morgan fingerprint density at radius 2 is 2.07 bits per heavy atom. The number of amides is 1. The number of carbonyl (C=O) groups is 1. The van der Waals surface area contributed by atoms with E-state index in [-0.39, 0.29) is 17.5 Å². The molecule has 0 spiro atoms. The first-order valence-corrected chi connectivity index (χ1v) is 10.2. The van der Waals surface area contributed by atoms with Gasteiger partial charge in [-0.25, -0.2) is 4.68 Å². The Bertz CT molecular complexity index is 1080. The van der Waals surface area contributed by atoms with Gasteiger partial charge in [-0.2, -0.15) is 10.2 Å². The Kier molecular flexibility index (Phi) is 4.54. The Morgan fingerprint density at radius 3 is 2.93 bits per heavy atom. The SMILES string of the molecule is O=C(c1n[nH]c2c1CCCC2)N1CCCC(n2nc(-c3ccco3)ccc2=O)C1. The molecule has 8 nitrogen and oxygen atoms in total. The molecule has 1 aliphatic carbocycles. The number of aromatic amines is 1. The van der Waals surface area contributed by atoms with Gasteiger partial charge in [0.05, 0.1) is 12.3 Å². The highest BCUT2D eigenvalue weighted by atomic mass is 16.3. The Labute approximate surface area is 167 Å². The summed E-state index contributed by atoms with van der Waals surface area (Å²) >= 11 is 0. The maximum absolute atomic E-state index is 13.2. The number of aryl methyl sites for hydroxylation is 1. The summed E-state index contributed by atoms with van der Waals surface area (Å²) in [7, 11) is 0. The van der Waals surface area contributed by atoms with Gasteiger partial charge in [-0.15, -0.1) is 0 Å². The lowest BCUT2D eigenvalue weighted by Gasteiger charge is -2.33. The third kappa shape index (κ3) is 3.28. The molecule has 4 heterocycles. The van der Waals surface area contributed by atoms with Gasteiger partial charge in [0.2, 0.25) is 0 Å². The monoisotopic (exact) mass is 393 g/mol. The highest BCUT2D eigenvalue weighted by Gasteiger charge is 2.30. The first kappa shape index (κ1) is 17.9. The molecule has 3 aromatic rings. The number of hydrogen-bond acceptors (Lipinski definition) is 5. The number of H-pyrrole nitrogens is 1. The van der Waals surface area contributed by atoms with Crippen molar-refractivity contribution in [3.8, 4) is 11.5 Å². The van der Waals surface area contributed by atoms with Crippen LogP contribution in [0.5, 0.6) is 0 Å². The third-order valence-electron chi connectivity index (χ3n) is 5.89. The number of piperidine rings is 1. The molecule has 3 aromatic heterocycles. The summed E-state index contributed by atoms with van der Waals surface area (Å²) in [4.78, 5) is 27.5. The van der Waals surface area contributed by atoms with E-state index in [1.807, 2.05) is 11.0 Å². The number of aromatic nitrogens is 4. The molecule has 2 aliphatic rings. The molecule has 150 valence electrons. The van der Waals surface area contributed by atoms with Crippen molar-refractivity contribution < 1.29 is 9.21 Å². The Balaban J connectivity index is 1.40. The zero-order valence-corrected chi connectivity index (χ0v) is 16.1. The zero-order chi connectivity index (χ0) is 19.8. The van der Waals surface area contributed by atoms with Crippen LogP contribution in [-0.4, -0.2) is 43.9 Å². The van der Waals surface area contributed by atoms with E-state index in [4.69, 9.17) is 4.42 Å². The van der Waals surface area contributed by atoms with Gasteiger partial charge in [0.25, 0.3) is 11.5 Å². The van der Waals surface area contributed by atoms with Crippen molar-refractivity contribution in [1.82, 2.24) is 24.9 Å². The number of hydrogen-bond donors (Lipinski definition) is 1. The molecule has 1 unspecified atom stereocenters. The summed E-state index contributed by atoms with van der Waals surface area (Å²) in [5.41, 5.74) is 3.15. The van der Waals surface area contributed by atoms with E-state index in [0.717, 1.165) is 49.8 Å². The smallest absolute Gasteiger partial charge is 0.274 e. The van der Waals surface area contributed by atoms with Gasteiger partial charge >= 0.3 is 0 Å². The van der Waals surface area contributed by atoms with Gasteiger partial charge in [0, 0.05) is 30.4 Å². The van der Waals surface area contributed by atoms with Crippen molar-refractivity contribution in [1.29, 1.82) is 0 Å². The van der Waals surface area contributed by atoms with Crippen LogP contribution in [0.15, 0.2) is 39.7 Å². The Hall–Kier alpha value is -3.16. The largest absolute Gasteiger partial charge is 0.463 e. The minimum Gasteiger partial charge on any atom is -0.463 e. The average Bonchev–Trinajstić information content (AvgIpc) is 3.44. The van der Waals surface area contributed by atoms with E-state index < -0.39 is 0 Å². The predicted octanol–water partition coefficient (Wildman–Crippen LogP) is 2.58. The van der Waals surface area contributed by atoms with Gasteiger partial charge < -0.3 is 9.32 Å². The van der Waals surface area contributed by atoms with E-state index >= 15 is 0 Å². The number of rotatable bonds is 3. The molecule has 0 saturated carbocycles. The molecular formula is C21H23N5O3. The summed E-state index contributed by atoms with van der Waals surface area (Å²) in [5, 5.41) is 11.9. The first-order valence-electron chi connectivity index (χ1n) is 10.2. The van der Waals surface area contributed by atoms with Crippen LogP contribution in [0, 0.1) is 0 Å². The predicted molar refractivity (Wildman–Crippen MR) is 106 cm³/mol. The molecular weight excluding hydrogens is 370 g/mol. The highest BCUT2D eigenvalue weighted by Crippen LogP contribution is 2.26. The summed E-state index contributed by atoms with van der Waals surface area (Å²) < 4.78 is 6.91. The molecule has 1 N–H and O–H groups in total. The van der Waals surface area contributed by atoms with Crippen LogP contribution in [0.4, 0.5) is 0 Å². The number of fused-ring (bicyclic) bond motifs is 1. The number of nitrogens with zero attached hydrogens (tertiary/aromatic N) is 4. The number of nitrogens with one attached hydrogen (secondary N) is 1. The van der Waals surface area contributed by atoms with Gasteiger partial charge in [0.1, 0.15) is 5.69 Å². The van der Waals surface area contributed by atoms with Crippen molar-refractivity contribution in [3.05, 3.63) is 57.8 Å². The lowest BCUT2D eigenvalue weighted by molar-refractivity contribution is 0.0663. The van der Waals surface area contributed by atoms with Gasteiger partial charge in [-0.05, 0) is 56.7 Å². The highest BCUT2D eigenvalue weighted by molar-refractivity contribution is 5.94. The van der Waals surface area contributed by atoms with Crippen molar-refractivity contribution in [2.75, 3.05) is 13.1 Å². The van der Waals surface area contributed by atoms with Crippen molar-refractivity contribution >= 4 is 5.91 Å². The van der Waals surface area contributed by atoms with E-state index in [9.17, 15) is 9.59 Å². The molecule has 1 atom stereocenters. The van der Waals surface area contributed by atoms with Crippen molar-refractivity contribution in [2.24, 2.45) is 0 Å². The van der Waals surface area contributed by atoms with Crippen LogP contribution < -0.4 is 5.56 Å². The second-order valence-corrected chi connectivity index (χ2v) is 7.76. The number of likely N-dealkylation sites (tertiary alicyclic amines) is 1. The van der Waals surface area contributed by atoms with E-state index in [1.54, 1.807) is 18.4 Å². The Morgan fingerprint density at radius 1 is 1.17 bits per heavy atom. The topological polar surface area (TPSA) is 97.0 Å². The molecule has 29 heavy (non-hydrogen) atoms. The fraction of sp³-hybridized carbons (Fsp3) is 0.429. The van der Waals surface area contributed by atoms with Crippen LogP contribution in [0.3, 0.4) is 0 Å². The number of carbonyl (C=O) groups excluding carboxylic acids is 1. The maximum atomic E-state index is 13.2. The fourth-order valence-corrected chi connectivity index (χ4v) is 4.39. The second-order valence-electron chi connectivity index (χ2n) is 7.76. The van der Waals surface area contributed by atoms with Gasteiger partial charge in [-0.1, -0.05) is 0 Å². The molecule has 0 aromatic carbocycles. The van der Waals surface area contributed by atoms with Gasteiger partial charge in [0.15, 0.2) is 11.5 Å². The van der Waals surface area contributed by atoms with Crippen LogP contribution in [-0.2, 0) is 12.8 Å². The maximum Gasteiger partial charge on any atom is 0.274 e. The van der Waals surface area contributed by atoms with E-state index in [2.05, 4.69) is 15.3 Å². The molecule has 5 rings (SSSR count). The third-order valence-corrected chi connectivity index (χ3v) is 5.89. The van der Waals surface area contributed by atoms with Gasteiger partial charge in [-0.3, -0.25) is 14.7 Å². The van der Waals surface area contributed by atoms with E-state index in [0.29, 0.717) is 30.2 Å². The first-order chi connectivity index (χ1) is 14.2. The summed E-state index contributed by atoms with van der Waals surface area (Å²) in [6, 6.07) is 6.62. The van der Waals surface area contributed by atoms with E-state index in [1.165, 1.54) is 10.7 Å². The van der Waals surface area contributed by atoms with Crippen LogP contribution in [0.2, 0.25) is 0 Å². The molecule has 1 aliphatic heterocycles. The van der Waals surface area contributed by atoms with Crippen LogP contribution in [0.25, 0.3) is 11.5 Å². The normalized spacial score (nSPS) is 19.2. The molecule has 1 saturated heterocycles. The fourth-order valence-electron chi connectivity index (χ4n) is 4.39. The van der Waals surface area contributed by atoms with Crippen molar-refractivity contribution in [3.63, 3.8) is 0 Å².